The van der Waals surface area contributed by atoms with E-state index in [1.807, 2.05) is 18.2 Å². The van der Waals surface area contributed by atoms with Crippen LogP contribution in [0.5, 0.6) is 0 Å². The number of halogens is 3. The number of nitrogens with zero attached hydrogens (tertiary/aromatic N) is 1. The van der Waals surface area contributed by atoms with Crippen LogP contribution in [0, 0.1) is 0 Å². The van der Waals surface area contributed by atoms with Crippen LogP contribution in [-0.2, 0) is 0 Å². The second-order valence-corrected chi connectivity index (χ2v) is 5.89. The molecule has 1 aromatic rings. The third kappa shape index (κ3) is 3.28. The molecule has 0 bridgehead atoms. The predicted molar refractivity (Wildman–Crippen MR) is 75.0 cm³/mol. The van der Waals surface area contributed by atoms with E-state index in [1.165, 1.54) is 0 Å². The average molecular weight is 366 g/mol. The van der Waals surface area contributed by atoms with Crippen LogP contribution in [0.1, 0.15) is 11.6 Å². The minimum atomic E-state index is -0.352. The molecular weight excluding hydrogens is 351 g/mol. The fraction of sp³-hybridized carbons (Fsp3) is 0.500. The van der Waals surface area contributed by atoms with E-state index in [-0.39, 0.29) is 12.7 Å². The summed E-state index contributed by atoms with van der Waals surface area (Å²) in [6.45, 7) is 3.31. The fourth-order valence-electron chi connectivity index (χ4n) is 2.14. The van der Waals surface area contributed by atoms with Crippen molar-refractivity contribution in [2.45, 2.75) is 6.04 Å². The maximum atomic E-state index is 13.3. The smallest absolute Gasteiger partial charge is 0.109 e. The van der Waals surface area contributed by atoms with Crippen LogP contribution in [-0.4, -0.2) is 37.8 Å². The lowest BCUT2D eigenvalue weighted by Gasteiger charge is -2.34. The Hall–Kier alpha value is 0.0300. The first kappa shape index (κ1) is 13.5. The minimum Gasteiger partial charge on any atom is -0.314 e. The standard InChI is InChI=1S/C12H15Br2FN2/c13-9-1-2-11(14)10(7-9)12(8-15)17-5-3-16-4-6-17/h1-2,7,12,16H,3-6,8H2/t12-/m1/s1. The lowest BCUT2D eigenvalue weighted by atomic mass is 10.1. The molecule has 0 unspecified atom stereocenters. The molecule has 0 aromatic heterocycles. The highest BCUT2D eigenvalue weighted by molar-refractivity contribution is 9.11. The molecule has 0 saturated carbocycles. The van der Waals surface area contributed by atoms with Gasteiger partial charge in [0, 0.05) is 35.1 Å². The van der Waals surface area contributed by atoms with Crippen molar-refractivity contribution >= 4 is 31.9 Å². The van der Waals surface area contributed by atoms with Crippen molar-refractivity contribution in [3.8, 4) is 0 Å². The molecule has 5 heteroatoms. The first-order chi connectivity index (χ1) is 8.22. The molecule has 1 aromatic carbocycles. The van der Waals surface area contributed by atoms with E-state index in [4.69, 9.17) is 0 Å². The predicted octanol–water partition coefficient (Wildman–Crippen LogP) is 3.13. The summed E-state index contributed by atoms with van der Waals surface area (Å²) in [6, 6.07) is 5.77. The molecule has 1 fully saturated rings. The van der Waals surface area contributed by atoms with Crippen LogP contribution < -0.4 is 5.32 Å². The molecule has 94 valence electrons. The van der Waals surface area contributed by atoms with E-state index in [9.17, 15) is 4.39 Å². The molecule has 17 heavy (non-hydrogen) atoms. The molecule has 1 heterocycles. The summed E-state index contributed by atoms with van der Waals surface area (Å²) in [4.78, 5) is 2.20. The van der Waals surface area contributed by atoms with Gasteiger partial charge in [0.15, 0.2) is 0 Å². The highest BCUT2D eigenvalue weighted by atomic mass is 79.9. The van der Waals surface area contributed by atoms with Crippen molar-refractivity contribution in [3.63, 3.8) is 0 Å². The zero-order chi connectivity index (χ0) is 12.3. The zero-order valence-electron chi connectivity index (χ0n) is 9.43. The van der Waals surface area contributed by atoms with Crippen LogP contribution in [0.2, 0.25) is 0 Å². The maximum absolute atomic E-state index is 13.3. The van der Waals surface area contributed by atoms with Crippen molar-refractivity contribution in [2.75, 3.05) is 32.9 Å². The topological polar surface area (TPSA) is 15.3 Å². The number of benzene rings is 1. The highest BCUT2D eigenvalue weighted by Gasteiger charge is 2.23. The summed E-state index contributed by atoms with van der Waals surface area (Å²) in [5.41, 5.74) is 1.02. The minimum absolute atomic E-state index is 0.149. The molecule has 0 spiro atoms. The Balaban J connectivity index is 2.24. The Morgan fingerprint density at radius 1 is 1.29 bits per heavy atom. The molecule has 1 N–H and O–H groups in total. The highest BCUT2D eigenvalue weighted by Crippen LogP contribution is 2.31. The SMILES string of the molecule is FC[C@H](c1cc(Br)ccc1Br)N1CCNCC1. The summed E-state index contributed by atoms with van der Waals surface area (Å²) < 4.78 is 15.3. The Labute approximate surface area is 118 Å². The first-order valence-electron chi connectivity index (χ1n) is 5.68. The van der Waals surface area contributed by atoms with Crippen molar-refractivity contribution in [1.29, 1.82) is 0 Å². The summed E-state index contributed by atoms with van der Waals surface area (Å²) in [6.07, 6.45) is 0. The van der Waals surface area contributed by atoms with Gasteiger partial charge in [-0.15, -0.1) is 0 Å². The van der Waals surface area contributed by atoms with Crippen LogP contribution >= 0.6 is 31.9 Å². The van der Waals surface area contributed by atoms with Gasteiger partial charge >= 0.3 is 0 Å². The van der Waals surface area contributed by atoms with Gasteiger partial charge in [0.05, 0.1) is 6.04 Å². The van der Waals surface area contributed by atoms with E-state index >= 15 is 0 Å². The molecule has 1 aliphatic rings. The van der Waals surface area contributed by atoms with Crippen molar-refractivity contribution in [2.24, 2.45) is 0 Å². The van der Waals surface area contributed by atoms with Crippen molar-refractivity contribution < 1.29 is 4.39 Å². The van der Waals surface area contributed by atoms with Crippen LogP contribution in [0.4, 0.5) is 4.39 Å². The van der Waals surface area contributed by atoms with Crippen LogP contribution in [0.3, 0.4) is 0 Å². The van der Waals surface area contributed by atoms with E-state index in [1.54, 1.807) is 0 Å². The largest absolute Gasteiger partial charge is 0.314 e. The van der Waals surface area contributed by atoms with Crippen molar-refractivity contribution in [1.82, 2.24) is 10.2 Å². The van der Waals surface area contributed by atoms with Gasteiger partial charge in [-0.05, 0) is 23.8 Å². The van der Waals surface area contributed by atoms with E-state index < -0.39 is 0 Å². The first-order valence-corrected chi connectivity index (χ1v) is 7.26. The summed E-state index contributed by atoms with van der Waals surface area (Å²) in [5, 5.41) is 3.29. The van der Waals surface area contributed by atoms with Gasteiger partial charge in [0.1, 0.15) is 6.67 Å². The number of nitrogens with one attached hydrogen (secondary N) is 1. The number of piperazine rings is 1. The van der Waals surface area contributed by atoms with E-state index in [0.29, 0.717) is 0 Å². The Morgan fingerprint density at radius 3 is 2.65 bits per heavy atom. The van der Waals surface area contributed by atoms with E-state index in [0.717, 1.165) is 40.7 Å². The second-order valence-electron chi connectivity index (χ2n) is 4.12. The van der Waals surface area contributed by atoms with E-state index in [2.05, 4.69) is 42.1 Å². The Kier molecular flexibility index (Phi) is 4.97. The molecule has 0 aliphatic carbocycles. The monoisotopic (exact) mass is 364 g/mol. The fourth-order valence-corrected chi connectivity index (χ4v) is 3.03. The normalized spacial score (nSPS) is 19.2. The quantitative estimate of drug-likeness (QED) is 0.885. The number of rotatable bonds is 3. The zero-order valence-corrected chi connectivity index (χ0v) is 12.6. The average Bonchev–Trinajstić information content (AvgIpc) is 2.36. The third-order valence-corrected chi connectivity index (χ3v) is 4.27. The second kappa shape index (κ2) is 6.27. The van der Waals surface area contributed by atoms with Gasteiger partial charge in [-0.1, -0.05) is 31.9 Å². The molecule has 1 atom stereocenters. The third-order valence-electron chi connectivity index (χ3n) is 3.06. The van der Waals surface area contributed by atoms with Crippen LogP contribution in [0.15, 0.2) is 27.1 Å². The number of hydrogen-bond donors (Lipinski definition) is 1. The van der Waals surface area contributed by atoms with Gasteiger partial charge < -0.3 is 5.32 Å². The summed E-state index contributed by atoms with van der Waals surface area (Å²) >= 11 is 6.95. The molecule has 1 aliphatic heterocycles. The maximum Gasteiger partial charge on any atom is 0.109 e. The van der Waals surface area contributed by atoms with Gasteiger partial charge in [0.2, 0.25) is 0 Å². The Morgan fingerprint density at radius 2 is 2.00 bits per heavy atom. The van der Waals surface area contributed by atoms with Crippen LogP contribution in [0.25, 0.3) is 0 Å². The molecule has 2 rings (SSSR count). The molecule has 0 radical (unpaired) electrons. The molecule has 1 saturated heterocycles. The summed E-state index contributed by atoms with van der Waals surface area (Å²) in [7, 11) is 0. The lowest BCUT2D eigenvalue weighted by Crippen LogP contribution is -2.45. The molecule has 0 amide bonds. The van der Waals surface area contributed by atoms with Crippen molar-refractivity contribution in [3.05, 3.63) is 32.7 Å². The van der Waals surface area contributed by atoms with Gasteiger partial charge in [-0.3, -0.25) is 4.90 Å². The Bertz CT molecular complexity index is 381. The molecule has 2 nitrogen and oxygen atoms in total. The van der Waals surface area contributed by atoms with Gasteiger partial charge in [0.25, 0.3) is 0 Å². The van der Waals surface area contributed by atoms with Gasteiger partial charge in [-0.25, -0.2) is 4.39 Å². The lowest BCUT2D eigenvalue weighted by molar-refractivity contribution is 0.147. The number of hydrogen-bond acceptors (Lipinski definition) is 2. The summed E-state index contributed by atoms with van der Waals surface area (Å²) in [5.74, 6) is 0. The molecular formula is C12H15Br2FN2. The number of alkyl halides is 1. The van der Waals surface area contributed by atoms with Gasteiger partial charge in [-0.2, -0.15) is 0 Å².